The van der Waals surface area contributed by atoms with Crippen molar-refractivity contribution in [2.45, 2.75) is 44.1 Å². The second kappa shape index (κ2) is 6.95. The van der Waals surface area contributed by atoms with Gasteiger partial charge in [-0.15, -0.1) is 0 Å². The Bertz CT molecular complexity index is 938. The van der Waals surface area contributed by atoms with Gasteiger partial charge in [-0.1, -0.05) is 0 Å². The van der Waals surface area contributed by atoms with Gasteiger partial charge in [-0.2, -0.15) is 15.0 Å². The first kappa shape index (κ1) is 19.3. The molecule has 6 rings (SSSR count). The Balaban J connectivity index is 1.35. The van der Waals surface area contributed by atoms with Crippen LogP contribution in [-0.2, 0) is 4.57 Å². The molecule has 0 unspecified atom stereocenters. The lowest BCUT2D eigenvalue weighted by atomic mass is 9.53. The van der Waals surface area contributed by atoms with Crippen LogP contribution in [0.4, 0.5) is 17.6 Å². The van der Waals surface area contributed by atoms with Crippen molar-refractivity contribution in [3.8, 4) is 0 Å². The molecule has 0 saturated heterocycles. The molecule has 0 spiro atoms. The van der Waals surface area contributed by atoms with E-state index in [-0.39, 0.29) is 10.8 Å². The Kier molecular flexibility index (Phi) is 4.63. The fraction of sp³-hybridized carbons (Fsp3) is 0.571. The van der Waals surface area contributed by atoms with E-state index in [2.05, 4.69) is 25.6 Å². The molecule has 6 nitrogen and oxygen atoms in total. The average molecular weight is 432 g/mol. The van der Waals surface area contributed by atoms with Crippen LogP contribution in [-0.4, -0.2) is 33.8 Å². The summed E-state index contributed by atoms with van der Waals surface area (Å²) >= 11 is 6.21. The van der Waals surface area contributed by atoms with E-state index in [0.717, 1.165) is 28.7 Å². The molecule has 2 N–H and O–H groups in total. The van der Waals surface area contributed by atoms with Gasteiger partial charge in [0.2, 0.25) is 17.2 Å². The number of nitrogens with one attached hydrogen (secondary N) is 2. The zero-order valence-corrected chi connectivity index (χ0v) is 18.5. The maximum atomic E-state index is 12.2. The highest BCUT2D eigenvalue weighted by Crippen LogP contribution is 2.56. The van der Waals surface area contributed by atoms with Crippen LogP contribution in [0.2, 0.25) is 5.28 Å². The van der Waals surface area contributed by atoms with E-state index in [1.807, 2.05) is 24.3 Å². The van der Waals surface area contributed by atoms with Crippen LogP contribution in [0, 0.1) is 17.8 Å². The topological polar surface area (TPSA) is 79.8 Å². The smallest absolute Gasteiger partial charge is 0.233 e. The van der Waals surface area contributed by atoms with Crippen LogP contribution < -0.4 is 15.9 Å². The molecule has 4 aliphatic rings. The van der Waals surface area contributed by atoms with E-state index in [1.54, 1.807) is 13.3 Å². The molecule has 4 bridgehead atoms. The normalized spacial score (nSPS) is 30.4. The van der Waals surface area contributed by atoms with Gasteiger partial charge in [0.1, 0.15) is 7.14 Å². The third-order valence-corrected chi connectivity index (χ3v) is 8.48. The fourth-order valence-corrected chi connectivity index (χ4v) is 7.02. The molecule has 0 atom stereocenters. The molecule has 8 heteroatoms. The summed E-state index contributed by atoms with van der Waals surface area (Å²) in [6.45, 7) is 3.53. The van der Waals surface area contributed by atoms with Gasteiger partial charge >= 0.3 is 0 Å². The molecule has 1 aromatic carbocycles. The van der Waals surface area contributed by atoms with Crippen LogP contribution in [0.5, 0.6) is 0 Å². The molecular weight excluding hydrogens is 405 g/mol. The molecule has 154 valence electrons. The molecule has 4 fully saturated rings. The van der Waals surface area contributed by atoms with Crippen LogP contribution in [0.1, 0.15) is 38.5 Å². The first-order valence-electron chi connectivity index (χ1n) is 10.4. The van der Waals surface area contributed by atoms with Gasteiger partial charge in [0, 0.05) is 16.5 Å². The molecule has 0 aliphatic heterocycles. The Labute approximate surface area is 176 Å². The predicted octanol–water partition coefficient (Wildman–Crippen LogP) is 4.90. The quantitative estimate of drug-likeness (QED) is 0.655. The Morgan fingerprint density at radius 3 is 2.03 bits per heavy atom. The lowest BCUT2D eigenvalue weighted by molar-refractivity contribution is 0.0103. The predicted molar refractivity (Wildman–Crippen MR) is 118 cm³/mol. The van der Waals surface area contributed by atoms with Crippen molar-refractivity contribution in [1.82, 2.24) is 15.0 Å². The van der Waals surface area contributed by atoms with Gasteiger partial charge in [-0.3, -0.25) is 0 Å². The minimum Gasteiger partial charge on any atom is -0.349 e. The highest BCUT2D eigenvalue weighted by molar-refractivity contribution is 7.70. The molecule has 4 aliphatic carbocycles. The van der Waals surface area contributed by atoms with Crippen LogP contribution in [0.25, 0.3) is 0 Å². The van der Waals surface area contributed by atoms with Crippen molar-refractivity contribution in [2.24, 2.45) is 17.8 Å². The average Bonchev–Trinajstić information content (AvgIpc) is 2.59. The summed E-state index contributed by atoms with van der Waals surface area (Å²) < 4.78 is 12.2. The molecule has 1 aromatic heterocycles. The van der Waals surface area contributed by atoms with Crippen molar-refractivity contribution >= 4 is 41.6 Å². The first-order valence-corrected chi connectivity index (χ1v) is 13.4. The van der Waals surface area contributed by atoms with E-state index in [1.165, 1.54) is 38.5 Å². The van der Waals surface area contributed by atoms with Crippen molar-refractivity contribution in [2.75, 3.05) is 24.0 Å². The molecule has 0 radical (unpaired) electrons. The highest BCUT2D eigenvalue weighted by Gasteiger charge is 2.51. The third-order valence-electron chi connectivity index (χ3n) is 6.77. The highest BCUT2D eigenvalue weighted by atomic mass is 35.5. The minimum atomic E-state index is -2.27. The maximum absolute atomic E-state index is 12.2. The van der Waals surface area contributed by atoms with E-state index in [9.17, 15) is 4.57 Å². The Morgan fingerprint density at radius 2 is 1.48 bits per heavy atom. The SMILES string of the molecule is CP(C)(=O)c1ccc(Nc2nc(Cl)nc(NC34CC5CC(CC(C5)C3)C4)n2)cc1. The van der Waals surface area contributed by atoms with Crippen LogP contribution in [0.15, 0.2) is 24.3 Å². The summed E-state index contributed by atoms with van der Waals surface area (Å²) in [6, 6.07) is 7.53. The number of nitrogens with zero attached hydrogens (tertiary/aromatic N) is 3. The number of rotatable bonds is 5. The van der Waals surface area contributed by atoms with E-state index >= 15 is 0 Å². The number of hydrogen-bond acceptors (Lipinski definition) is 6. The lowest BCUT2D eigenvalue weighted by Gasteiger charge is -2.56. The maximum Gasteiger partial charge on any atom is 0.233 e. The molecule has 2 aromatic rings. The second-order valence-corrected chi connectivity index (χ2v) is 13.2. The first-order chi connectivity index (χ1) is 13.8. The zero-order valence-electron chi connectivity index (χ0n) is 16.9. The molecule has 4 saturated carbocycles. The number of benzene rings is 1. The van der Waals surface area contributed by atoms with Crippen LogP contribution in [0.3, 0.4) is 0 Å². The zero-order chi connectivity index (χ0) is 20.2. The second-order valence-electron chi connectivity index (χ2n) is 9.60. The summed E-state index contributed by atoms with van der Waals surface area (Å²) in [5.74, 6) is 3.50. The van der Waals surface area contributed by atoms with Gasteiger partial charge < -0.3 is 15.2 Å². The van der Waals surface area contributed by atoms with Crippen molar-refractivity contribution in [1.29, 1.82) is 0 Å². The Morgan fingerprint density at radius 1 is 0.931 bits per heavy atom. The molecule has 29 heavy (non-hydrogen) atoms. The Hall–Kier alpha value is -1.65. The van der Waals surface area contributed by atoms with Gasteiger partial charge in [-0.05, 0) is 105 Å². The third kappa shape index (κ3) is 4.02. The summed E-state index contributed by atoms with van der Waals surface area (Å²) in [7, 11) is -2.27. The molecule has 0 amide bonds. The van der Waals surface area contributed by atoms with E-state index in [4.69, 9.17) is 11.6 Å². The van der Waals surface area contributed by atoms with Gasteiger partial charge in [0.15, 0.2) is 0 Å². The number of hydrogen-bond donors (Lipinski definition) is 2. The standard InChI is InChI=1S/C21H27ClN5OP/c1-29(2,28)17-5-3-16(4-6-17)23-19-24-18(22)25-20(26-19)27-21-10-13-7-14(11-21)9-15(8-13)12-21/h3-6,13-15H,7-12H2,1-2H3,(H2,23,24,25,26,27). The number of anilines is 3. The van der Waals surface area contributed by atoms with Crippen molar-refractivity contribution < 1.29 is 4.57 Å². The monoisotopic (exact) mass is 431 g/mol. The molecule has 1 heterocycles. The van der Waals surface area contributed by atoms with Gasteiger partial charge in [0.25, 0.3) is 0 Å². The lowest BCUT2D eigenvalue weighted by Crippen LogP contribution is -2.55. The van der Waals surface area contributed by atoms with E-state index < -0.39 is 7.14 Å². The summed E-state index contributed by atoms with van der Waals surface area (Å²) in [4.78, 5) is 13.2. The largest absolute Gasteiger partial charge is 0.349 e. The van der Waals surface area contributed by atoms with E-state index in [0.29, 0.717) is 11.9 Å². The minimum absolute atomic E-state index is 0.113. The van der Waals surface area contributed by atoms with Crippen molar-refractivity contribution in [3.05, 3.63) is 29.5 Å². The van der Waals surface area contributed by atoms with Crippen molar-refractivity contribution in [3.63, 3.8) is 0 Å². The summed E-state index contributed by atoms with van der Waals surface area (Å²) in [5, 5.41) is 7.88. The molecular formula is C21H27ClN5OP. The fourth-order valence-electron chi connectivity index (χ4n) is 6.00. The number of halogens is 1. The number of aromatic nitrogens is 3. The summed E-state index contributed by atoms with van der Waals surface area (Å²) in [5.41, 5.74) is 0.937. The van der Waals surface area contributed by atoms with Gasteiger partial charge in [-0.25, -0.2) is 0 Å². The van der Waals surface area contributed by atoms with Crippen LogP contribution >= 0.6 is 18.7 Å². The van der Waals surface area contributed by atoms with Gasteiger partial charge in [0.05, 0.1) is 0 Å². The summed E-state index contributed by atoms with van der Waals surface area (Å²) in [6.07, 6.45) is 7.81.